The standard InChI is InChI=1S/C14H16O2/c1-2-9-14(15,13-8-10-16-11-13)12-6-4-3-5-7-12/h3-8,10-11,15H,2,9H2,1H3. The Balaban J connectivity index is 2.44. The first kappa shape index (κ1) is 11.0. The fraction of sp³-hybridized carbons (Fsp3) is 0.286. The Bertz CT molecular complexity index is 419. The van der Waals surface area contributed by atoms with Crippen LogP contribution in [0.1, 0.15) is 30.9 Å². The summed E-state index contributed by atoms with van der Waals surface area (Å²) in [5.41, 5.74) is 0.807. The lowest BCUT2D eigenvalue weighted by Gasteiger charge is -2.27. The molecule has 84 valence electrons. The smallest absolute Gasteiger partial charge is 0.118 e. The highest BCUT2D eigenvalue weighted by molar-refractivity contribution is 5.33. The Kier molecular flexibility index (Phi) is 3.11. The zero-order valence-corrected chi connectivity index (χ0v) is 9.39. The normalized spacial score (nSPS) is 14.6. The topological polar surface area (TPSA) is 33.4 Å². The second-order valence-electron chi connectivity index (χ2n) is 3.99. The summed E-state index contributed by atoms with van der Waals surface area (Å²) in [6.45, 7) is 2.06. The predicted molar refractivity (Wildman–Crippen MR) is 63.1 cm³/mol. The fourth-order valence-electron chi connectivity index (χ4n) is 2.03. The molecule has 1 atom stereocenters. The average Bonchev–Trinajstić information content (AvgIpc) is 2.84. The van der Waals surface area contributed by atoms with Gasteiger partial charge >= 0.3 is 0 Å². The number of hydrogen-bond donors (Lipinski definition) is 1. The molecule has 0 bridgehead atoms. The van der Waals surface area contributed by atoms with E-state index in [-0.39, 0.29) is 0 Å². The molecule has 0 aliphatic rings. The van der Waals surface area contributed by atoms with E-state index in [1.54, 1.807) is 12.5 Å². The zero-order chi connectivity index (χ0) is 11.4. The molecule has 0 fully saturated rings. The van der Waals surface area contributed by atoms with Crippen LogP contribution in [0.2, 0.25) is 0 Å². The molecule has 0 radical (unpaired) electrons. The van der Waals surface area contributed by atoms with Crippen molar-refractivity contribution in [2.45, 2.75) is 25.4 Å². The first-order valence-electron chi connectivity index (χ1n) is 5.58. The third-order valence-corrected chi connectivity index (χ3v) is 2.86. The van der Waals surface area contributed by atoms with Gasteiger partial charge in [-0.3, -0.25) is 0 Å². The second-order valence-corrected chi connectivity index (χ2v) is 3.99. The van der Waals surface area contributed by atoms with Crippen molar-refractivity contribution >= 4 is 0 Å². The van der Waals surface area contributed by atoms with Crippen molar-refractivity contribution in [2.75, 3.05) is 0 Å². The van der Waals surface area contributed by atoms with Gasteiger partial charge in [0.05, 0.1) is 12.5 Å². The first-order valence-corrected chi connectivity index (χ1v) is 5.58. The maximum Gasteiger partial charge on any atom is 0.118 e. The van der Waals surface area contributed by atoms with E-state index in [1.165, 1.54) is 0 Å². The van der Waals surface area contributed by atoms with Crippen LogP contribution in [-0.2, 0) is 5.60 Å². The molecule has 1 aromatic heterocycles. The minimum absolute atomic E-state index is 0.691. The fourth-order valence-corrected chi connectivity index (χ4v) is 2.03. The Hall–Kier alpha value is -1.54. The van der Waals surface area contributed by atoms with Crippen molar-refractivity contribution in [3.8, 4) is 0 Å². The van der Waals surface area contributed by atoms with Crippen LogP contribution in [0.4, 0.5) is 0 Å². The minimum Gasteiger partial charge on any atom is -0.472 e. The van der Waals surface area contributed by atoms with Crippen LogP contribution in [0.15, 0.2) is 53.3 Å². The summed E-state index contributed by atoms with van der Waals surface area (Å²) in [5, 5.41) is 10.8. The summed E-state index contributed by atoms with van der Waals surface area (Å²) < 4.78 is 5.07. The van der Waals surface area contributed by atoms with Gasteiger partial charge in [-0.25, -0.2) is 0 Å². The summed E-state index contributed by atoms with van der Waals surface area (Å²) in [7, 11) is 0. The van der Waals surface area contributed by atoms with Crippen molar-refractivity contribution in [1.82, 2.24) is 0 Å². The maximum atomic E-state index is 10.8. The molecule has 1 heterocycles. The first-order chi connectivity index (χ1) is 7.77. The van der Waals surface area contributed by atoms with Crippen LogP contribution in [0.5, 0.6) is 0 Å². The molecule has 1 unspecified atom stereocenters. The number of hydrogen-bond acceptors (Lipinski definition) is 2. The Labute approximate surface area is 95.5 Å². The predicted octanol–water partition coefficient (Wildman–Crippen LogP) is 3.32. The summed E-state index contributed by atoms with van der Waals surface area (Å²) in [5.74, 6) is 0. The minimum atomic E-state index is -0.928. The summed E-state index contributed by atoms with van der Waals surface area (Å²) in [6.07, 6.45) is 4.81. The molecule has 0 aliphatic heterocycles. The monoisotopic (exact) mass is 216 g/mol. The van der Waals surface area contributed by atoms with Gasteiger partial charge in [0, 0.05) is 5.56 Å². The molecule has 0 saturated heterocycles. The van der Waals surface area contributed by atoms with E-state index < -0.39 is 5.60 Å². The van der Waals surface area contributed by atoms with E-state index in [9.17, 15) is 5.11 Å². The summed E-state index contributed by atoms with van der Waals surface area (Å²) in [6, 6.07) is 11.5. The van der Waals surface area contributed by atoms with Crippen molar-refractivity contribution in [3.05, 3.63) is 60.1 Å². The number of furan rings is 1. The van der Waals surface area contributed by atoms with Crippen LogP contribution < -0.4 is 0 Å². The maximum absolute atomic E-state index is 10.8. The quantitative estimate of drug-likeness (QED) is 0.850. The molecular formula is C14H16O2. The number of aliphatic hydroxyl groups is 1. The third-order valence-electron chi connectivity index (χ3n) is 2.86. The van der Waals surface area contributed by atoms with Crippen molar-refractivity contribution in [3.63, 3.8) is 0 Å². The van der Waals surface area contributed by atoms with Gasteiger partial charge in [0.2, 0.25) is 0 Å². The van der Waals surface area contributed by atoms with E-state index >= 15 is 0 Å². The Morgan fingerprint density at radius 3 is 2.44 bits per heavy atom. The largest absolute Gasteiger partial charge is 0.472 e. The highest BCUT2D eigenvalue weighted by Gasteiger charge is 2.31. The summed E-state index contributed by atoms with van der Waals surface area (Å²) >= 11 is 0. The number of rotatable bonds is 4. The van der Waals surface area contributed by atoms with Crippen LogP contribution in [0.3, 0.4) is 0 Å². The Morgan fingerprint density at radius 2 is 1.88 bits per heavy atom. The average molecular weight is 216 g/mol. The Morgan fingerprint density at radius 1 is 1.12 bits per heavy atom. The van der Waals surface area contributed by atoms with Crippen molar-refractivity contribution in [1.29, 1.82) is 0 Å². The van der Waals surface area contributed by atoms with E-state index in [0.29, 0.717) is 6.42 Å². The molecule has 16 heavy (non-hydrogen) atoms. The van der Waals surface area contributed by atoms with Gasteiger partial charge in [-0.15, -0.1) is 0 Å². The van der Waals surface area contributed by atoms with Crippen LogP contribution >= 0.6 is 0 Å². The highest BCUT2D eigenvalue weighted by atomic mass is 16.3. The molecule has 2 rings (SSSR count). The molecule has 0 saturated carbocycles. The van der Waals surface area contributed by atoms with E-state index in [4.69, 9.17) is 4.42 Å². The summed E-state index contributed by atoms with van der Waals surface area (Å²) in [4.78, 5) is 0. The molecule has 0 amide bonds. The molecular weight excluding hydrogens is 200 g/mol. The zero-order valence-electron chi connectivity index (χ0n) is 9.39. The van der Waals surface area contributed by atoms with Gasteiger partial charge < -0.3 is 9.52 Å². The third kappa shape index (κ3) is 1.89. The van der Waals surface area contributed by atoms with Gasteiger partial charge in [-0.1, -0.05) is 43.7 Å². The van der Waals surface area contributed by atoms with Crippen LogP contribution in [0.25, 0.3) is 0 Å². The van der Waals surface area contributed by atoms with E-state index in [0.717, 1.165) is 17.5 Å². The van der Waals surface area contributed by atoms with Crippen molar-refractivity contribution < 1.29 is 9.52 Å². The lowest BCUT2D eigenvalue weighted by molar-refractivity contribution is 0.0695. The van der Waals surface area contributed by atoms with Crippen molar-refractivity contribution in [2.24, 2.45) is 0 Å². The lowest BCUT2D eigenvalue weighted by atomic mass is 9.84. The van der Waals surface area contributed by atoms with Crippen LogP contribution in [0, 0.1) is 0 Å². The van der Waals surface area contributed by atoms with E-state index in [2.05, 4.69) is 6.92 Å². The van der Waals surface area contributed by atoms with Crippen LogP contribution in [-0.4, -0.2) is 5.11 Å². The van der Waals surface area contributed by atoms with Gasteiger partial charge in [0.1, 0.15) is 5.60 Å². The molecule has 0 aliphatic carbocycles. The molecule has 0 spiro atoms. The number of benzene rings is 1. The molecule has 1 aromatic carbocycles. The highest BCUT2D eigenvalue weighted by Crippen LogP contribution is 2.34. The van der Waals surface area contributed by atoms with Gasteiger partial charge in [-0.2, -0.15) is 0 Å². The molecule has 2 heteroatoms. The SMILES string of the molecule is CCCC(O)(c1ccccc1)c1ccoc1. The van der Waals surface area contributed by atoms with Gasteiger partial charge in [0.25, 0.3) is 0 Å². The van der Waals surface area contributed by atoms with Gasteiger partial charge in [0.15, 0.2) is 0 Å². The van der Waals surface area contributed by atoms with Gasteiger partial charge in [-0.05, 0) is 18.1 Å². The van der Waals surface area contributed by atoms with E-state index in [1.807, 2.05) is 36.4 Å². The molecule has 2 aromatic rings. The second kappa shape index (κ2) is 4.54. The molecule has 2 nitrogen and oxygen atoms in total. The lowest BCUT2D eigenvalue weighted by Crippen LogP contribution is -2.26. The molecule has 1 N–H and O–H groups in total.